The highest BCUT2D eigenvalue weighted by atomic mass is 32.1. The number of nitrogens with one attached hydrogen (secondary N) is 1. The van der Waals surface area contributed by atoms with Crippen molar-refractivity contribution < 1.29 is 9.53 Å². The Morgan fingerprint density at radius 1 is 1.42 bits per heavy atom. The first-order chi connectivity index (χ1) is 9.09. The van der Waals surface area contributed by atoms with E-state index >= 15 is 0 Å². The smallest absolute Gasteiger partial charge is 0.262 e. The molecule has 1 amide bonds. The van der Waals surface area contributed by atoms with Gasteiger partial charge < -0.3 is 15.5 Å². The normalized spacial score (nSPS) is 10.7. The van der Waals surface area contributed by atoms with E-state index in [1.807, 2.05) is 6.07 Å². The molecule has 1 aromatic carbocycles. The van der Waals surface area contributed by atoms with E-state index in [1.54, 1.807) is 18.2 Å². The first-order valence-corrected chi connectivity index (χ1v) is 6.08. The van der Waals surface area contributed by atoms with Crippen molar-refractivity contribution in [1.82, 2.24) is 9.55 Å². The van der Waals surface area contributed by atoms with Crippen LogP contribution >= 0.6 is 12.2 Å². The Morgan fingerprint density at radius 2 is 2.16 bits per heavy atom. The average Bonchev–Trinajstić information content (AvgIpc) is 2.37. The van der Waals surface area contributed by atoms with Gasteiger partial charge in [-0.2, -0.15) is 0 Å². The van der Waals surface area contributed by atoms with Crippen LogP contribution in [0.1, 0.15) is 0 Å². The van der Waals surface area contributed by atoms with Crippen molar-refractivity contribution in [1.29, 1.82) is 0 Å². The van der Waals surface area contributed by atoms with Crippen LogP contribution in [0.3, 0.4) is 0 Å². The van der Waals surface area contributed by atoms with E-state index in [0.717, 1.165) is 0 Å². The van der Waals surface area contributed by atoms with Gasteiger partial charge in [-0.25, -0.2) is 0 Å². The quantitative estimate of drug-likeness (QED) is 0.618. The first-order valence-electron chi connectivity index (χ1n) is 5.67. The summed E-state index contributed by atoms with van der Waals surface area (Å²) in [5.74, 6) is -0.545. The van der Waals surface area contributed by atoms with Crippen LogP contribution in [0.15, 0.2) is 29.1 Å². The number of hydrogen-bond donors (Lipinski definition) is 2. The monoisotopic (exact) mass is 279 g/mol. The zero-order valence-corrected chi connectivity index (χ0v) is 10.9. The molecular weight excluding hydrogens is 266 g/mol. The molecule has 2 rings (SSSR count). The number of H-pyrrole nitrogens is 1. The van der Waals surface area contributed by atoms with Crippen molar-refractivity contribution in [3.63, 3.8) is 0 Å². The Bertz CT molecular complexity index is 720. The fraction of sp³-hybridized carbons (Fsp3) is 0.250. The van der Waals surface area contributed by atoms with Gasteiger partial charge in [0.25, 0.3) is 5.56 Å². The van der Waals surface area contributed by atoms with Crippen LogP contribution in [0.25, 0.3) is 10.9 Å². The van der Waals surface area contributed by atoms with Crippen molar-refractivity contribution >= 4 is 29.0 Å². The van der Waals surface area contributed by atoms with Crippen LogP contribution in [-0.2, 0) is 16.1 Å². The molecule has 3 N–H and O–H groups in total. The van der Waals surface area contributed by atoms with E-state index in [2.05, 4.69) is 4.98 Å². The topological polar surface area (TPSA) is 90.1 Å². The molecule has 0 spiro atoms. The fourth-order valence-corrected chi connectivity index (χ4v) is 2.01. The molecule has 0 aliphatic heterocycles. The van der Waals surface area contributed by atoms with E-state index in [1.165, 1.54) is 4.57 Å². The van der Waals surface area contributed by atoms with Crippen LogP contribution in [0.4, 0.5) is 0 Å². The molecule has 0 saturated carbocycles. The maximum absolute atomic E-state index is 12.2. The minimum absolute atomic E-state index is 0.168. The Hall–Kier alpha value is -1.99. The zero-order valence-electron chi connectivity index (χ0n) is 10.1. The van der Waals surface area contributed by atoms with Crippen LogP contribution in [0, 0.1) is 4.77 Å². The lowest BCUT2D eigenvalue weighted by atomic mass is 10.2. The Labute approximate surface area is 113 Å². The molecule has 2 aromatic rings. The molecule has 0 saturated heterocycles. The Balaban J connectivity index is 2.26. The standard InChI is InChI=1S/C12H13N3O3S/c13-10(16)7-18-6-5-15-11(17)8-3-1-2-4-9(8)14-12(15)19/h1-4H,5-7H2,(H2,13,16)(H,14,19). The third-order valence-corrected chi connectivity index (χ3v) is 2.92. The van der Waals surface area contributed by atoms with Crippen molar-refractivity contribution in [2.75, 3.05) is 13.2 Å². The van der Waals surface area contributed by atoms with E-state index in [-0.39, 0.29) is 25.3 Å². The number of nitrogens with zero attached hydrogens (tertiary/aromatic N) is 1. The minimum Gasteiger partial charge on any atom is -0.370 e. The Kier molecular flexibility index (Phi) is 4.08. The highest BCUT2D eigenvalue weighted by molar-refractivity contribution is 7.71. The summed E-state index contributed by atoms with van der Waals surface area (Å²) in [6, 6.07) is 7.13. The lowest BCUT2D eigenvalue weighted by Crippen LogP contribution is -2.26. The number of fused-ring (bicyclic) bond motifs is 1. The van der Waals surface area contributed by atoms with Gasteiger partial charge in [0.2, 0.25) is 5.91 Å². The number of amides is 1. The summed E-state index contributed by atoms with van der Waals surface area (Å²) in [6.07, 6.45) is 0. The van der Waals surface area contributed by atoms with Crippen LogP contribution < -0.4 is 11.3 Å². The van der Waals surface area contributed by atoms with Gasteiger partial charge >= 0.3 is 0 Å². The van der Waals surface area contributed by atoms with Gasteiger partial charge in [-0.15, -0.1) is 0 Å². The molecule has 0 aliphatic rings. The summed E-state index contributed by atoms with van der Waals surface area (Å²) in [4.78, 5) is 25.7. The summed E-state index contributed by atoms with van der Waals surface area (Å²) in [5, 5.41) is 0.561. The minimum atomic E-state index is -0.545. The molecule has 0 bridgehead atoms. The third kappa shape index (κ3) is 3.07. The van der Waals surface area contributed by atoms with E-state index in [4.69, 9.17) is 22.7 Å². The second-order valence-corrected chi connectivity index (χ2v) is 4.34. The van der Waals surface area contributed by atoms with Gasteiger partial charge in [-0.1, -0.05) is 12.1 Å². The Morgan fingerprint density at radius 3 is 2.89 bits per heavy atom. The van der Waals surface area contributed by atoms with E-state index in [9.17, 15) is 9.59 Å². The molecule has 0 fully saturated rings. The molecule has 0 unspecified atom stereocenters. The molecule has 0 radical (unpaired) electrons. The third-order valence-electron chi connectivity index (χ3n) is 2.59. The number of para-hydroxylation sites is 1. The highest BCUT2D eigenvalue weighted by Gasteiger charge is 2.05. The highest BCUT2D eigenvalue weighted by Crippen LogP contribution is 2.05. The number of primary amides is 1. The van der Waals surface area contributed by atoms with Gasteiger partial charge in [-0.05, 0) is 24.4 Å². The largest absolute Gasteiger partial charge is 0.370 e. The number of aromatic amines is 1. The number of carbonyl (C=O) groups is 1. The van der Waals surface area contributed by atoms with Crippen molar-refractivity contribution in [3.8, 4) is 0 Å². The van der Waals surface area contributed by atoms with E-state index in [0.29, 0.717) is 15.7 Å². The maximum Gasteiger partial charge on any atom is 0.262 e. The molecule has 1 heterocycles. The van der Waals surface area contributed by atoms with Crippen LogP contribution in [0.5, 0.6) is 0 Å². The number of carbonyl (C=O) groups excluding carboxylic acids is 1. The maximum atomic E-state index is 12.2. The number of aromatic nitrogens is 2. The summed E-state index contributed by atoms with van der Waals surface area (Å²) in [7, 11) is 0. The zero-order chi connectivity index (χ0) is 13.8. The van der Waals surface area contributed by atoms with Crippen molar-refractivity contribution in [3.05, 3.63) is 39.4 Å². The average molecular weight is 279 g/mol. The number of hydrogen-bond acceptors (Lipinski definition) is 4. The lowest BCUT2D eigenvalue weighted by Gasteiger charge is -2.07. The molecule has 0 aliphatic carbocycles. The molecule has 7 heteroatoms. The molecule has 100 valence electrons. The second kappa shape index (κ2) is 5.77. The summed E-state index contributed by atoms with van der Waals surface area (Å²) in [6.45, 7) is 0.295. The molecule has 19 heavy (non-hydrogen) atoms. The van der Waals surface area contributed by atoms with Gasteiger partial charge in [-0.3, -0.25) is 14.2 Å². The van der Waals surface area contributed by atoms with Gasteiger partial charge in [0, 0.05) is 0 Å². The number of nitrogens with two attached hydrogens (primary N) is 1. The predicted octanol–water partition coefficient (Wildman–Crippen LogP) is 0.561. The van der Waals surface area contributed by atoms with Crippen LogP contribution in [-0.4, -0.2) is 28.7 Å². The van der Waals surface area contributed by atoms with Crippen molar-refractivity contribution in [2.45, 2.75) is 6.54 Å². The summed E-state index contributed by atoms with van der Waals surface area (Å²) < 4.78 is 6.75. The number of benzene rings is 1. The summed E-state index contributed by atoms with van der Waals surface area (Å²) >= 11 is 5.13. The van der Waals surface area contributed by atoms with Crippen molar-refractivity contribution in [2.24, 2.45) is 5.73 Å². The number of ether oxygens (including phenoxy) is 1. The van der Waals surface area contributed by atoms with Gasteiger partial charge in [0.05, 0.1) is 24.1 Å². The predicted molar refractivity (Wildman–Crippen MR) is 73.4 cm³/mol. The number of rotatable bonds is 5. The SMILES string of the molecule is NC(=O)COCCn1c(=S)[nH]c2ccccc2c1=O. The first kappa shape index (κ1) is 13.4. The molecule has 1 aromatic heterocycles. The van der Waals surface area contributed by atoms with Crippen LogP contribution in [0.2, 0.25) is 0 Å². The van der Waals surface area contributed by atoms with Gasteiger partial charge in [0.15, 0.2) is 4.77 Å². The molecule has 6 nitrogen and oxygen atoms in total. The lowest BCUT2D eigenvalue weighted by molar-refractivity contribution is -0.122. The van der Waals surface area contributed by atoms with Gasteiger partial charge in [0.1, 0.15) is 6.61 Å². The molecule has 0 atom stereocenters. The second-order valence-electron chi connectivity index (χ2n) is 3.95. The fourth-order valence-electron chi connectivity index (χ4n) is 1.73. The summed E-state index contributed by atoms with van der Waals surface area (Å²) in [5.41, 5.74) is 5.47. The van der Waals surface area contributed by atoms with E-state index < -0.39 is 5.91 Å². The molecular formula is C12H13N3O3S.